The Hall–Kier alpha value is -2.35. The van der Waals surface area contributed by atoms with Gasteiger partial charge < -0.3 is 23.7 Å². The minimum Gasteiger partial charge on any atom is -0.464 e. The zero-order chi connectivity index (χ0) is 19.0. The van der Waals surface area contributed by atoms with Crippen molar-refractivity contribution >= 4 is 28.0 Å². The predicted molar refractivity (Wildman–Crippen MR) is 103 cm³/mol. The second-order valence-electron chi connectivity index (χ2n) is 7.20. The van der Waals surface area contributed by atoms with Crippen LogP contribution in [0.5, 0.6) is 0 Å². The fourth-order valence-electron chi connectivity index (χ4n) is 3.81. The van der Waals surface area contributed by atoms with Crippen LogP contribution in [0.2, 0.25) is 0 Å². The number of β-amino-alcohol motifs (C(OH)–C–C–N with tert-alkyl or cyclic N) is 1. The van der Waals surface area contributed by atoms with E-state index in [1.807, 2.05) is 28.8 Å². The number of ether oxygens (including phenoxy) is 1. The highest BCUT2D eigenvalue weighted by Gasteiger charge is 2.24. The van der Waals surface area contributed by atoms with Crippen molar-refractivity contribution in [3.63, 3.8) is 0 Å². The van der Waals surface area contributed by atoms with Gasteiger partial charge in [-0.3, -0.25) is 4.90 Å². The van der Waals surface area contributed by atoms with E-state index in [-0.39, 0.29) is 0 Å². The van der Waals surface area contributed by atoms with Crippen LogP contribution in [0.1, 0.15) is 10.5 Å². The largest absolute Gasteiger partial charge is 0.464 e. The number of esters is 1. The summed E-state index contributed by atoms with van der Waals surface area (Å²) in [6.45, 7) is 4.76. The molecule has 0 unspecified atom stereocenters. The molecule has 0 amide bonds. The molecule has 1 aromatic carbocycles. The lowest BCUT2D eigenvalue weighted by Gasteiger charge is -2.33. The number of nitrogens with zero attached hydrogens (tertiary/aromatic N) is 3. The van der Waals surface area contributed by atoms with Crippen LogP contribution in [0, 0.1) is 0 Å². The van der Waals surface area contributed by atoms with Gasteiger partial charge in [0.15, 0.2) is 5.58 Å². The van der Waals surface area contributed by atoms with Crippen molar-refractivity contribution in [2.75, 3.05) is 46.9 Å². The lowest BCUT2D eigenvalue weighted by atomic mass is 10.2. The molecule has 1 N–H and O–H groups in total. The van der Waals surface area contributed by atoms with E-state index in [9.17, 15) is 9.90 Å². The quantitative estimate of drug-likeness (QED) is 0.690. The third-order valence-electron chi connectivity index (χ3n) is 5.28. The first kappa shape index (κ1) is 18.0. The second-order valence-corrected chi connectivity index (χ2v) is 7.20. The van der Waals surface area contributed by atoms with Gasteiger partial charge in [0.1, 0.15) is 11.3 Å². The third-order valence-corrected chi connectivity index (χ3v) is 5.28. The highest BCUT2D eigenvalue weighted by Crippen LogP contribution is 2.32. The molecular formula is C20H25N3O4. The van der Waals surface area contributed by atoms with Crippen LogP contribution in [-0.4, -0.2) is 78.4 Å². The van der Waals surface area contributed by atoms with Crippen molar-refractivity contribution in [2.45, 2.75) is 12.6 Å². The van der Waals surface area contributed by atoms with Gasteiger partial charge in [-0.2, -0.15) is 0 Å². The van der Waals surface area contributed by atoms with Gasteiger partial charge in [0, 0.05) is 44.2 Å². The van der Waals surface area contributed by atoms with E-state index < -0.39 is 12.1 Å². The summed E-state index contributed by atoms with van der Waals surface area (Å²) in [5, 5.41) is 11.7. The average Bonchev–Trinajstić information content (AvgIpc) is 3.19. The number of piperazine rings is 1. The van der Waals surface area contributed by atoms with Gasteiger partial charge >= 0.3 is 5.97 Å². The Morgan fingerprint density at radius 2 is 1.93 bits per heavy atom. The molecule has 0 radical (unpaired) electrons. The summed E-state index contributed by atoms with van der Waals surface area (Å²) in [6, 6.07) is 9.42. The van der Waals surface area contributed by atoms with Crippen LogP contribution in [0.4, 0.5) is 0 Å². The Morgan fingerprint density at radius 3 is 2.67 bits per heavy atom. The predicted octanol–water partition coefficient (Wildman–Crippen LogP) is 1.78. The van der Waals surface area contributed by atoms with E-state index >= 15 is 0 Å². The van der Waals surface area contributed by atoms with Gasteiger partial charge in [-0.05, 0) is 19.2 Å². The van der Waals surface area contributed by atoms with E-state index in [1.54, 1.807) is 6.07 Å². The SMILES string of the molecule is COC(=O)c1cc2oc3ccccc3c2n1C[C@@H](O)CN1CCN(C)CC1. The van der Waals surface area contributed by atoms with Crippen LogP contribution in [0.25, 0.3) is 22.1 Å². The van der Waals surface area contributed by atoms with Gasteiger partial charge in [-0.25, -0.2) is 4.79 Å². The molecule has 0 aliphatic carbocycles. The van der Waals surface area contributed by atoms with Gasteiger partial charge in [0.05, 0.1) is 25.3 Å². The first-order valence-electron chi connectivity index (χ1n) is 9.25. The number of methoxy groups -OCH3 is 1. The van der Waals surface area contributed by atoms with Crippen molar-refractivity contribution in [1.29, 1.82) is 0 Å². The molecule has 0 saturated carbocycles. The summed E-state index contributed by atoms with van der Waals surface area (Å²) < 4.78 is 12.6. The van der Waals surface area contributed by atoms with Crippen molar-refractivity contribution in [3.05, 3.63) is 36.0 Å². The van der Waals surface area contributed by atoms with E-state index in [0.717, 1.165) is 42.7 Å². The number of hydrogen-bond acceptors (Lipinski definition) is 6. The first-order valence-corrected chi connectivity index (χ1v) is 9.25. The Morgan fingerprint density at radius 1 is 1.19 bits per heavy atom. The minimum absolute atomic E-state index is 0.309. The fourth-order valence-corrected chi connectivity index (χ4v) is 3.81. The zero-order valence-electron chi connectivity index (χ0n) is 15.7. The van der Waals surface area contributed by atoms with Crippen LogP contribution in [0.15, 0.2) is 34.7 Å². The number of carbonyl (C=O) groups is 1. The van der Waals surface area contributed by atoms with Crippen molar-refractivity contribution < 1.29 is 19.1 Å². The Kier molecular flexibility index (Phi) is 4.90. The summed E-state index contributed by atoms with van der Waals surface area (Å²) in [6.07, 6.45) is -0.596. The first-order chi connectivity index (χ1) is 13.1. The maximum atomic E-state index is 12.3. The Bertz CT molecular complexity index is 953. The normalized spacial score (nSPS) is 17.6. The molecule has 1 fully saturated rings. The number of carbonyl (C=O) groups excluding carboxylic acids is 1. The van der Waals surface area contributed by atoms with Gasteiger partial charge in [0.25, 0.3) is 0 Å². The third kappa shape index (κ3) is 3.45. The van der Waals surface area contributed by atoms with Gasteiger partial charge in [-0.1, -0.05) is 12.1 Å². The number of furan rings is 1. The molecule has 0 spiro atoms. The highest BCUT2D eigenvalue weighted by molar-refractivity contribution is 6.06. The van der Waals surface area contributed by atoms with Gasteiger partial charge in [0.2, 0.25) is 0 Å². The number of hydrogen-bond donors (Lipinski definition) is 1. The van der Waals surface area contributed by atoms with Crippen molar-refractivity contribution in [3.8, 4) is 0 Å². The average molecular weight is 371 g/mol. The summed E-state index contributed by atoms with van der Waals surface area (Å²) in [7, 11) is 3.47. The molecule has 0 bridgehead atoms. The molecule has 1 aliphatic rings. The van der Waals surface area contributed by atoms with Crippen molar-refractivity contribution in [1.82, 2.24) is 14.4 Å². The number of aliphatic hydroxyl groups is 1. The van der Waals surface area contributed by atoms with Gasteiger partial charge in [-0.15, -0.1) is 0 Å². The molecule has 3 heterocycles. The molecule has 1 aliphatic heterocycles. The van der Waals surface area contributed by atoms with Crippen LogP contribution in [0.3, 0.4) is 0 Å². The summed E-state index contributed by atoms with van der Waals surface area (Å²) in [5.74, 6) is -0.433. The van der Waals surface area contributed by atoms with E-state index in [1.165, 1.54) is 7.11 Å². The van der Waals surface area contributed by atoms with Crippen LogP contribution >= 0.6 is 0 Å². The van der Waals surface area contributed by atoms with E-state index in [0.29, 0.717) is 24.4 Å². The molecule has 7 heteroatoms. The fraction of sp³-hybridized carbons (Fsp3) is 0.450. The highest BCUT2D eigenvalue weighted by atomic mass is 16.5. The Labute approximate surface area is 157 Å². The summed E-state index contributed by atoms with van der Waals surface area (Å²) >= 11 is 0. The topological polar surface area (TPSA) is 71.1 Å². The molecule has 7 nitrogen and oxygen atoms in total. The molecule has 2 aromatic heterocycles. The molecule has 1 atom stereocenters. The smallest absolute Gasteiger partial charge is 0.354 e. The molecule has 4 rings (SSSR count). The number of benzene rings is 1. The maximum Gasteiger partial charge on any atom is 0.354 e. The van der Waals surface area contributed by atoms with E-state index in [4.69, 9.17) is 9.15 Å². The Balaban J connectivity index is 1.65. The second kappa shape index (κ2) is 7.34. The minimum atomic E-state index is -0.596. The summed E-state index contributed by atoms with van der Waals surface area (Å²) in [4.78, 5) is 16.8. The molecular weight excluding hydrogens is 346 g/mol. The summed E-state index contributed by atoms with van der Waals surface area (Å²) in [5.41, 5.74) is 2.61. The van der Waals surface area contributed by atoms with Crippen LogP contribution < -0.4 is 0 Å². The molecule has 144 valence electrons. The number of likely N-dealkylation sites (N-methyl/N-ethyl adjacent to an activating group) is 1. The number of aliphatic hydroxyl groups excluding tert-OH is 1. The monoisotopic (exact) mass is 371 g/mol. The van der Waals surface area contributed by atoms with E-state index in [2.05, 4.69) is 16.8 Å². The standard InChI is InChI=1S/C20H25N3O4/c1-21-7-9-22(10-8-21)12-14(24)13-23-16(20(25)26-2)11-18-19(23)15-5-3-4-6-17(15)27-18/h3-6,11,14,24H,7-10,12-13H2,1-2H3/t14-/m0/s1. The number of fused-ring (bicyclic) bond motifs is 3. The number of para-hydroxylation sites is 1. The molecule has 27 heavy (non-hydrogen) atoms. The lowest BCUT2D eigenvalue weighted by Crippen LogP contribution is -2.47. The number of rotatable bonds is 5. The van der Waals surface area contributed by atoms with Crippen LogP contribution in [-0.2, 0) is 11.3 Å². The zero-order valence-corrected chi connectivity index (χ0v) is 15.7. The molecule has 1 saturated heterocycles. The number of aromatic nitrogens is 1. The van der Waals surface area contributed by atoms with Crippen molar-refractivity contribution in [2.24, 2.45) is 0 Å². The lowest BCUT2D eigenvalue weighted by molar-refractivity contribution is 0.0567. The maximum absolute atomic E-state index is 12.3. The molecule has 3 aromatic rings.